The Bertz CT molecular complexity index is 398. The normalized spacial score (nSPS) is 12.1. The predicted octanol–water partition coefficient (Wildman–Crippen LogP) is 1.23. The van der Waals surface area contributed by atoms with Crippen molar-refractivity contribution in [2.24, 2.45) is 0 Å². The Labute approximate surface area is 102 Å². The van der Waals surface area contributed by atoms with E-state index in [9.17, 15) is 9.00 Å². The minimum atomic E-state index is -0.868. The maximum absolute atomic E-state index is 11.6. The minimum absolute atomic E-state index is 0.286. The summed E-state index contributed by atoms with van der Waals surface area (Å²) in [5.41, 5.74) is 0.339. The summed E-state index contributed by atoms with van der Waals surface area (Å²) in [5.74, 6) is 0.773. The number of hydrogen-bond donors (Lipinski definition) is 1. The second-order valence-corrected chi connectivity index (χ2v) is 5.32. The number of carbonyl (C=O) groups is 1. The van der Waals surface area contributed by atoms with Crippen LogP contribution in [0.2, 0.25) is 5.02 Å². The van der Waals surface area contributed by atoms with E-state index in [2.05, 4.69) is 10.3 Å². The fourth-order valence-corrected chi connectivity index (χ4v) is 1.87. The van der Waals surface area contributed by atoms with E-state index in [-0.39, 0.29) is 5.91 Å². The molecule has 4 nitrogen and oxygen atoms in total. The van der Waals surface area contributed by atoms with E-state index in [1.54, 1.807) is 6.07 Å². The summed E-state index contributed by atoms with van der Waals surface area (Å²) in [5, 5.41) is 3.01. The molecular weight excluding hydrogens is 248 g/mol. The van der Waals surface area contributed by atoms with E-state index in [1.165, 1.54) is 12.4 Å². The zero-order valence-electron chi connectivity index (χ0n) is 8.90. The Hall–Kier alpha value is -0.940. The van der Waals surface area contributed by atoms with Gasteiger partial charge < -0.3 is 5.32 Å². The van der Waals surface area contributed by atoms with E-state index in [1.807, 2.05) is 6.92 Å². The second-order valence-electron chi connectivity index (χ2n) is 3.04. The van der Waals surface area contributed by atoms with Crippen LogP contribution >= 0.6 is 11.6 Å². The molecule has 0 aromatic carbocycles. The van der Waals surface area contributed by atoms with Crippen molar-refractivity contribution in [1.29, 1.82) is 0 Å². The van der Waals surface area contributed by atoms with Crippen molar-refractivity contribution in [3.05, 3.63) is 29.0 Å². The van der Waals surface area contributed by atoms with Crippen molar-refractivity contribution < 1.29 is 9.00 Å². The van der Waals surface area contributed by atoms with Gasteiger partial charge >= 0.3 is 0 Å². The van der Waals surface area contributed by atoms with Crippen molar-refractivity contribution in [3.8, 4) is 0 Å². The van der Waals surface area contributed by atoms with Gasteiger partial charge in [-0.3, -0.25) is 14.0 Å². The second kappa shape index (κ2) is 6.60. The highest BCUT2D eigenvalue weighted by Crippen LogP contribution is 2.12. The molecule has 0 aliphatic rings. The van der Waals surface area contributed by atoms with Crippen molar-refractivity contribution in [3.63, 3.8) is 0 Å². The predicted molar refractivity (Wildman–Crippen MR) is 65.1 cm³/mol. The molecule has 88 valence electrons. The molecule has 0 spiro atoms. The Morgan fingerprint density at radius 1 is 1.62 bits per heavy atom. The van der Waals surface area contributed by atoms with Crippen LogP contribution in [0.4, 0.5) is 0 Å². The first-order valence-corrected chi connectivity index (χ1v) is 6.74. The molecule has 16 heavy (non-hydrogen) atoms. The summed E-state index contributed by atoms with van der Waals surface area (Å²) in [6.45, 7) is 2.22. The van der Waals surface area contributed by atoms with Crippen molar-refractivity contribution in [1.82, 2.24) is 10.3 Å². The van der Waals surface area contributed by atoms with Gasteiger partial charge in [0.25, 0.3) is 5.91 Å². The molecule has 1 rings (SSSR count). The van der Waals surface area contributed by atoms with E-state index >= 15 is 0 Å². The quantitative estimate of drug-likeness (QED) is 0.866. The highest BCUT2D eigenvalue weighted by atomic mass is 35.5. The zero-order chi connectivity index (χ0) is 12.0. The lowest BCUT2D eigenvalue weighted by molar-refractivity contribution is 0.0956. The van der Waals surface area contributed by atoms with Gasteiger partial charge in [-0.15, -0.1) is 0 Å². The highest BCUT2D eigenvalue weighted by molar-refractivity contribution is 7.84. The third-order valence-corrected chi connectivity index (χ3v) is 3.58. The van der Waals surface area contributed by atoms with Gasteiger partial charge in [0.15, 0.2) is 0 Å². The molecule has 1 unspecified atom stereocenters. The first-order valence-electron chi connectivity index (χ1n) is 4.87. The Kier molecular flexibility index (Phi) is 5.42. The molecular formula is C10H13ClN2O2S. The maximum atomic E-state index is 11.6. The molecule has 0 radical (unpaired) electrons. The van der Waals surface area contributed by atoms with Gasteiger partial charge in [-0.2, -0.15) is 0 Å². The first kappa shape index (κ1) is 13.1. The molecule has 1 N–H and O–H groups in total. The SMILES string of the molecule is CCS(=O)CCNC(=O)c1cnccc1Cl. The molecule has 0 fully saturated rings. The standard InChI is InChI=1S/C10H13ClN2O2S/c1-2-16(15)6-5-13-10(14)8-7-12-4-3-9(8)11/h3-4,7H,2,5-6H2,1H3,(H,13,14). The molecule has 0 saturated heterocycles. The number of rotatable bonds is 5. The highest BCUT2D eigenvalue weighted by Gasteiger charge is 2.09. The van der Waals surface area contributed by atoms with Crippen LogP contribution in [-0.4, -0.2) is 33.2 Å². The van der Waals surface area contributed by atoms with Crippen molar-refractivity contribution in [2.45, 2.75) is 6.92 Å². The lowest BCUT2D eigenvalue weighted by atomic mass is 10.2. The number of carbonyl (C=O) groups excluding carboxylic acids is 1. The van der Waals surface area contributed by atoms with Gasteiger partial charge in [0.2, 0.25) is 0 Å². The third-order valence-electron chi connectivity index (χ3n) is 1.95. The minimum Gasteiger partial charge on any atom is -0.351 e. The molecule has 1 aromatic heterocycles. The molecule has 0 aliphatic carbocycles. The molecule has 1 heterocycles. The molecule has 0 saturated carbocycles. The fraction of sp³-hybridized carbons (Fsp3) is 0.400. The zero-order valence-corrected chi connectivity index (χ0v) is 10.5. The molecule has 0 bridgehead atoms. The molecule has 1 amide bonds. The van der Waals surface area contributed by atoms with E-state index in [4.69, 9.17) is 11.6 Å². The number of halogens is 1. The number of nitrogens with one attached hydrogen (secondary N) is 1. The molecule has 1 aromatic rings. The van der Waals surface area contributed by atoms with Crippen LogP contribution in [0.25, 0.3) is 0 Å². The van der Waals surface area contributed by atoms with Crippen LogP contribution in [0.5, 0.6) is 0 Å². The topological polar surface area (TPSA) is 59.1 Å². The fourth-order valence-electron chi connectivity index (χ4n) is 1.06. The molecule has 1 atom stereocenters. The van der Waals surface area contributed by atoms with Crippen LogP contribution in [0, 0.1) is 0 Å². The summed E-state index contributed by atoms with van der Waals surface area (Å²) in [4.78, 5) is 15.4. The summed E-state index contributed by atoms with van der Waals surface area (Å²) < 4.78 is 11.1. The van der Waals surface area contributed by atoms with E-state index < -0.39 is 10.8 Å². The van der Waals surface area contributed by atoms with Gasteiger partial charge in [0, 0.05) is 41.2 Å². The number of pyridine rings is 1. The van der Waals surface area contributed by atoms with Gasteiger partial charge in [0.05, 0.1) is 10.6 Å². The average Bonchev–Trinajstić information content (AvgIpc) is 2.29. The summed E-state index contributed by atoms with van der Waals surface area (Å²) in [6.07, 6.45) is 2.93. The van der Waals surface area contributed by atoms with Gasteiger partial charge in [-0.1, -0.05) is 18.5 Å². The summed E-state index contributed by atoms with van der Waals surface area (Å²) in [7, 11) is -0.868. The van der Waals surface area contributed by atoms with Crippen LogP contribution < -0.4 is 5.32 Å². The summed E-state index contributed by atoms with van der Waals surface area (Å²) >= 11 is 5.83. The molecule has 0 aliphatic heterocycles. The number of hydrogen-bond acceptors (Lipinski definition) is 3. The number of amides is 1. The third kappa shape index (κ3) is 3.90. The summed E-state index contributed by atoms with van der Waals surface area (Å²) in [6, 6.07) is 1.56. The van der Waals surface area contributed by atoms with Crippen molar-refractivity contribution in [2.75, 3.05) is 18.1 Å². The molecule has 6 heteroatoms. The van der Waals surface area contributed by atoms with Gasteiger partial charge in [-0.05, 0) is 6.07 Å². The van der Waals surface area contributed by atoms with Crippen LogP contribution in [0.1, 0.15) is 17.3 Å². The Balaban J connectivity index is 2.47. The largest absolute Gasteiger partial charge is 0.351 e. The van der Waals surface area contributed by atoms with Gasteiger partial charge in [0.1, 0.15) is 0 Å². The van der Waals surface area contributed by atoms with Crippen LogP contribution in [0.15, 0.2) is 18.5 Å². The smallest absolute Gasteiger partial charge is 0.254 e. The Morgan fingerprint density at radius 2 is 2.38 bits per heavy atom. The van der Waals surface area contributed by atoms with Gasteiger partial charge in [-0.25, -0.2) is 0 Å². The lowest BCUT2D eigenvalue weighted by Crippen LogP contribution is -2.28. The van der Waals surface area contributed by atoms with Crippen LogP contribution in [-0.2, 0) is 10.8 Å². The van der Waals surface area contributed by atoms with E-state index in [0.717, 1.165) is 0 Å². The van der Waals surface area contributed by atoms with Crippen molar-refractivity contribution >= 4 is 28.3 Å². The average molecular weight is 261 g/mol. The number of nitrogens with zero attached hydrogens (tertiary/aromatic N) is 1. The van der Waals surface area contributed by atoms with E-state index in [0.29, 0.717) is 28.6 Å². The maximum Gasteiger partial charge on any atom is 0.254 e. The number of aromatic nitrogens is 1. The lowest BCUT2D eigenvalue weighted by Gasteiger charge is -2.05. The monoisotopic (exact) mass is 260 g/mol. The first-order chi connectivity index (χ1) is 7.65. The van der Waals surface area contributed by atoms with Crippen LogP contribution in [0.3, 0.4) is 0 Å². The Morgan fingerprint density at radius 3 is 3.00 bits per heavy atom.